The Hall–Kier alpha value is -0.980. The van der Waals surface area contributed by atoms with Crippen molar-refractivity contribution < 1.29 is 4.79 Å². The number of carbonyl (C=O) groups excluding carboxylic acids is 1. The molecule has 5 nitrogen and oxygen atoms in total. The number of amides is 1. The van der Waals surface area contributed by atoms with Crippen LogP contribution in [0.2, 0.25) is 0 Å². The smallest absolute Gasteiger partial charge is 0.240 e. The van der Waals surface area contributed by atoms with Crippen molar-refractivity contribution in [3.8, 4) is 0 Å². The summed E-state index contributed by atoms with van der Waals surface area (Å²) in [5.74, 6) is 0.0613. The van der Waals surface area contributed by atoms with Gasteiger partial charge in [-0.05, 0) is 38.9 Å². The molecular formula is C17H28N4OS. The number of nitrogens with zero attached hydrogens (tertiary/aromatic N) is 3. The number of hydrogen-bond acceptors (Lipinski definition) is 5. The van der Waals surface area contributed by atoms with Gasteiger partial charge in [0.15, 0.2) is 5.13 Å². The van der Waals surface area contributed by atoms with E-state index in [1.165, 1.54) is 37.3 Å². The third-order valence-corrected chi connectivity index (χ3v) is 5.53. The van der Waals surface area contributed by atoms with E-state index in [2.05, 4.69) is 40.9 Å². The van der Waals surface area contributed by atoms with Crippen LogP contribution in [0.3, 0.4) is 0 Å². The van der Waals surface area contributed by atoms with Crippen LogP contribution in [-0.4, -0.2) is 59.5 Å². The van der Waals surface area contributed by atoms with Gasteiger partial charge in [-0.15, -0.1) is 11.3 Å². The van der Waals surface area contributed by atoms with Gasteiger partial charge in [0, 0.05) is 23.4 Å². The zero-order chi connectivity index (χ0) is 16.4. The average Bonchev–Trinajstić information content (AvgIpc) is 3.05. The van der Waals surface area contributed by atoms with Crippen molar-refractivity contribution in [3.05, 3.63) is 11.1 Å². The molecule has 2 aliphatic heterocycles. The minimum Gasteiger partial charge on any atom is -0.301 e. The van der Waals surface area contributed by atoms with Crippen molar-refractivity contribution in [1.82, 2.24) is 14.8 Å². The number of thiazole rings is 1. The average molecular weight is 337 g/mol. The highest BCUT2D eigenvalue weighted by Crippen LogP contribution is 2.26. The first kappa shape index (κ1) is 16.9. The van der Waals surface area contributed by atoms with Gasteiger partial charge in [0.05, 0.1) is 12.2 Å². The molecule has 1 aromatic rings. The molecule has 3 rings (SSSR count). The Morgan fingerprint density at radius 3 is 2.87 bits per heavy atom. The first-order valence-corrected chi connectivity index (χ1v) is 9.52. The number of aromatic nitrogens is 1. The van der Waals surface area contributed by atoms with Crippen LogP contribution in [0, 0.1) is 0 Å². The van der Waals surface area contributed by atoms with Crippen molar-refractivity contribution in [2.45, 2.75) is 51.5 Å². The molecule has 0 spiro atoms. The van der Waals surface area contributed by atoms with E-state index in [1.807, 2.05) is 5.38 Å². The lowest BCUT2D eigenvalue weighted by Crippen LogP contribution is -2.40. The molecule has 1 amide bonds. The Morgan fingerprint density at radius 1 is 1.35 bits per heavy atom. The zero-order valence-electron chi connectivity index (χ0n) is 14.5. The van der Waals surface area contributed by atoms with Gasteiger partial charge in [-0.1, -0.05) is 20.8 Å². The number of hydrogen-bond donors (Lipinski definition) is 1. The standard InChI is InChI=1S/C17H28N4OS/c1-17(2,3)14-12-23-16(18-14)19-15(22)11-20-7-5-9-21-8-4-6-13(21)10-20/h12-13H,4-11H2,1-3H3,(H,18,19,22)/t13-/m0/s1. The van der Waals surface area contributed by atoms with Crippen LogP contribution in [0.5, 0.6) is 0 Å². The van der Waals surface area contributed by atoms with E-state index in [9.17, 15) is 4.79 Å². The van der Waals surface area contributed by atoms with Crippen LogP contribution < -0.4 is 5.32 Å². The molecule has 0 saturated carbocycles. The molecule has 2 saturated heterocycles. The molecular weight excluding hydrogens is 308 g/mol. The highest BCUT2D eigenvalue weighted by Gasteiger charge is 2.29. The van der Waals surface area contributed by atoms with E-state index in [1.54, 1.807) is 0 Å². The summed E-state index contributed by atoms with van der Waals surface area (Å²) in [6.45, 7) is 11.4. The lowest BCUT2D eigenvalue weighted by atomic mass is 9.93. The van der Waals surface area contributed by atoms with Gasteiger partial charge in [-0.25, -0.2) is 4.98 Å². The lowest BCUT2D eigenvalue weighted by molar-refractivity contribution is -0.117. The minimum absolute atomic E-state index is 0.0240. The summed E-state index contributed by atoms with van der Waals surface area (Å²) in [4.78, 5) is 21.8. The molecule has 2 fully saturated rings. The fourth-order valence-corrected chi connectivity index (χ4v) is 4.42. The van der Waals surface area contributed by atoms with Crippen molar-refractivity contribution in [1.29, 1.82) is 0 Å². The molecule has 0 bridgehead atoms. The second-order valence-corrected chi connectivity index (χ2v) is 8.61. The van der Waals surface area contributed by atoms with Gasteiger partial charge in [-0.2, -0.15) is 0 Å². The second-order valence-electron chi connectivity index (χ2n) is 7.76. The third kappa shape index (κ3) is 4.31. The highest BCUT2D eigenvalue weighted by molar-refractivity contribution is 7.13. The second kappa shape index (κ2) is 6.87. The van der Waals surface area contributed by atoms with Crippen LogP contribution in [0.1, 0.15) is 45.7 Å². The first-order valence-electron chi connectivity index (χ1n) is 8.64. The van der Waals surface area contributed by atoms with E-state index in [0.29, 0.717) is 12.6 Å². The zero-order valence-corrected chi connectivity index (χ0v) is 15.3. The fraction of sp³-hybridized carbons (Fsp3) is 0.765. The van der Waals surface area contributed by atoms with Crippen molar-refractivity contribution >= 4 is 22.4 Å². The summed E-state index contributed by atoms with van der Waals surface area (Å²) in [5.41, 5.74) is 1.06. The Balaban J connectivity index is 1.53. The predicted molar refractivity (Wildman–Crippen MR) is 95.1 cm³/mol. The van der Waals surface area contributed by atoms with Crippen molar-refractivity contribution in [2.75, 3.05) is 38.0 Å². The molecule has 128 valence electrons. The Kier molecular flexibility index (Phi) is 5.04. The van der Waals surface area contributed by atoms with Gasteiger partial charge >= 0.3 is 0 Å². The maximum Gasteiger partial charge on any atom is 0.240 e. The van der Waals surface area contributed by atoms with Crippen LogP contribution in [0.4, 0.5) is 5.13 Å². The summed E-state index contributed by atoms with van der Waals surface area (Å²) in [7, 11) is 0. The van der Waals surface area contributed by atoms with Gasteiger partial charge in [0.25, 0.3) is 0 Å². The molecule has 1 atom stereocenters. The summed E-state index contributed by atoms with van der Waals surface area (Å²) in [6.07, 6.45) is 3.74. The molecule has 1 aromatic heterocycles. The Bertz CT molecular complexity index is 551. The number of nitrogens with one attached hydrogen (secondary N) is 1. The van der Waals surface area contributed by atoms with Gasteiger partial charge in [-0.3, -0.25) is 14.6 Å². The number of anilines is 1. The number of rotatable bonds is 3. The van der Waals surface area contributed by atoms with Crippen LogP contribution in [0.15, 0.2) is 5.38 Å². The van der Waals surface area contributed by atoms with Gasteiger partial charge in [0.2, 0.25) is 5.91 Å². The first-order chi connectivity index (χ1) is 10.9. The lowest BCUT2D eigenvalue weighted by Gasteiger charge is -2.24. The van der Waals surface area contributed by atoms with Crippen molar-refractivity contribution in [2.24, 2.45) is 0 Å². The molecule has 3 heterocycles. The van der Waals surface area contributed by atoms with Crippen LogP contribution >= 0.6 is 11.3 Å². The molecule has 0 radical (unpaired) electrons. The Labute approximate surface area is 143 Å². The highest BCUT2D eigenvalue weighted by atomic mass is 32.1. The SMILES string of the molecule is CC(C)(C)c1csc(NC(=O)CN2CCCN3CCC[C@H]3C2)n1. The number of fused-ring (bicyclic) bond motifs is 1. The third-order valence-electron chi connectivity index (χ3n) is 4.77. The summed E-state index contributed by atoms with van der Waals surface area (Å²) < 4.78 is 0. The molecule has 1 N–H and O–H groups in total. The molecule has 0 unspecified atom stereocenters. The van der Waals surface area contributed by atoms with E-state index in [-0.39, 0.29) is 11.3 Å². The topological polar surface area (TPSA) is 48.5 Å². The van der Waals surface area contributed by atoms with E-state index >= 15 is 0 Å². The van der Waals surface area contributed by atoms with Crippen LogP contribution in [-0.2, 0) is 10.2 Å². The molecule has 6 heteroatoms. The quantitative estimate of drug-likeness (QED) is 0.921. The van der Waals surface area contributed by atoms with Gasteiger partial charge in [0.1, 0.15) is 0 Å². The van der Waals surface area contributed by atoms with E-state index < -0.39 is 0 Å². The van der Waals surface area contributed by atoms with Crippen molar-refractivity contribution in [3.63, 3.8) is 0 Å². The monoisotopic (exact) mass is 336 g/mol. The summed E-state index contributed by atoms with van der Waals surface area (Å²) >= 11 is 1.52. The summed E-state index contributed by atoms with van der Waals surface area (Å²) in [6, 6.07) is 0.651. The number of carbonyl (C=O) groups is 1. The largest absolute Gasteiger partial charge is 0.301 e. The maximum absolute atomic E-state index is 12.3. The van der Waals surface area contributed by atoms with Gasteiger partial charge < -0.3 is 5.32 Å². The molecule has 0 aromatic carbocycles. The molecule has 23 heavy (non-hydrogen) atoms. The van der Waals surface area contributed by atoms with E-state index in [4.69, 9.17) is 0 Å². The predicted octanol–water partition coefficient (Wildman–Crippen LogP) is 2.55. The fourth-order valence-electron chi connectivity index (χ4n) is 3.46. The molecule has 0 aliphatic carbocycles. The Morgan fingerprint density at radius 2 is 2.13 bits per heavy atom. The minimum atomic E-state index is 0.0240. The van der Waals surface area contributed by atoms with Crippen LogP contribution in [0.25, 0.3) is 0 Å². The summed E-state index contributed by atoms with van der Waals surface area (Å²) in [5, 5.41) is 5.73. The molecule has 2 aliphatic rings. The van der Waals surface area contributed by atoms with E-state index in [0.717, 1.165) is 30.3 Å². The normalized spacial score (nSPS) is 23.5. The maximum atomic E-state index is 12.3.